The summed E-state index contributed by atoms with van der Waals surface area (Å²) in [7, 11) is 0. The van der Waals surface area contributed by atoms with E-state index < -0.39 is 0 Å². The fourth-order valence-electron chi connectivity index (χ4n) is 2.90. The first-order valence-electron chi connectivity index (χ1n) is 7.11. The number of hydrogen-bond acceptors (Lipinski definition) is 2. The van der Waals surface area contributed by atoms with Gasteiger partial charge in [-0.15, -0.1) is 0 Å². The molecule has 0 amide bonds. The van der Waals surface area contributed by atoms with Gasteiger partial charge >= 0.3 is 0 Å². The zero-order chi connectivity index (χ0) is 13.2. The van der Waals surface area contributed by atoms with Crippen molar-refractivity contribution in [2.24, 2.45) is 5.92 Å². The standard InChI is InChI=1S/C15H20Cl2N2/c16-14-3-1-2-12(15(14)17)9-18-8-11-6-7-19(10-11)13-4-5-13/h1-3,11,13,18H,4-10H2. The van der Waals surface area contributed by atoms with Crippen LogP contribution in [0.3, 0.4) is 0 Å². The normalized spacial score (nSPS) is 24.0. The molecule has 2 aliphatic rings. The van der Waals surface area contributed by atoms with Gasteiger partial charge in [0, 0.05) is 19.1 Å². The predicted octanol–water partition coefficient (Wildman–Crippen LogP) is 3.57. The van der Waals surface area contributed by atoms with E-state index in [1.54, 1.807) is 0 Å². The molecule has 1 saturated carbocycles. The van der Waals surface area contributed by atoms with E-state index in [1.165, 1.54) is 32.4 Å². The Bertz CT molecular complexity index is 446. The van der Waals surface area contributed by atoms with Gasteiger partial charge < -0.3 is 10.2 Å². The molecule has 0 spiro atoms. The average molecular weight is 299 g/mol. The number of benzene rings is 1. The van der Waals surface area contributed by atoms with Crippen molar-refractivity contribution in [3.63, 3.8) is 0 Å². The predicted molar refractivity (Wildman–Crippen MR) is 80.9 cm³/mol. The van der Waals surface area contributed by atoms with E-state index in [0.717, 1.165) is 30.6 Å². The lowest BCUT2D eigenvalue weighted by atomic mass is 10.1. The minimum atomic E-state index is 0.641. The fraction of sp³-hybridized carbons (Fsp3) is 0.600. The summed E-state index contributed by atoms with van der Waals surface area (Å²) in [6.07, 6.45) is 4.16. The van der Waals surface area contributed by atoms with Crippen molar-refractivity contribution in [3.8, 4) is 0 Å². The number of halogens is 2. The summed E-state index contributed by atoms with van der Waals surface area (Å²) in [5, 5.41) is 4.85. The maximum atomic E-state index is 6.18. The van der Waals surface area contributed by atoms with Gasteiger partial charge in [-0.3, -0.25) is 0 Å². The Morgan fingerprint density at radius 1 is 1.21 bits per heavy atom. The zero-order valence-electron chi connectivity index (χ0n) is 11.0. The molecule has 4 heteroatoms. The summed E-state index contributed by atoms with van der Waals surface area (Å²) in [5.41, 5.74) is 1.09. The van der Waals surface area contributed by atoms with Gasteiger partial charge in [-0.2, -0.15) is 0 Å². The maximum absolute atomic E-state index is 6.18. The molecule has 1 aromatic rings. The summed E-state index contributed by atoms with van der Waals surface area (Å²) < 4.78 is 0. The first-order chi connectivity index (χ1) is 9.24. The van der Waals surface area contributed by atoms with Gasteiger partial charge in [0.05, 0.1) is 10.0 Å². The van der Waals surface area contributed by atoms with Gasteiger partial charge in [0.25, 0.3) is 0 Å². The van der Waals surface area contributed by atoms with Gasteiger partial charge in [0.1, 0.15) is 0 Å². The second kappa shape index (κ2) is 6.01. The van der Waals surface area contributed by atoms with E-state index in [-0.39, 0.29) is 0 Å². The number of nitrogens with one attached hydrogen (secondary N) is 1. The summed E-state index contributed by atoms with van der Waals surface area (Å²) in [5.74, 6) is 0.790. The molecule has 1 aromatic carbocycles. The first-order valence-corrected chi connectivity index (χ1v) is 7.87. The van der Waals surface area contributed by atoms with Crippen LogP contribution < -0.4 is 5.32 Å². The van der Waals surface area contributed by atoms with Crippen molar-refractivity contribution in [2.45, 2.75) is 31.8 Å². The Morgan fingerprint density at radius 3 is 2.84 bits per heavy atom. The van der Waals surface area contributed by atoms with Crippen LogP contribution in [0.2, 0.25) is 10.0 Å². The molecule has 3 rings (SSSR count). The van der Waals surface area contributed by atoms with Gasteiger partial charge in [-0.1, -0.05) is 35.3 Å². The highest BCUT2D eigenvalue weighted by molar-refractivity contribution is 6.42. The third-order valence-corrected chi connectivity index (χ3v) is 5.02. The monoisotopic (exact) mass is 298 g/mol. The van der Waals surface area contributed by atoms with Crippen LogP contribution in [0.15, 0.2) is 18.2 Å². The van der Waals surface area contributed by atoms with E-state index in [9.17, 15) is 0 Å². The third kappa shape index (κ3) is 3.43. The van der Waals surface area contributed by atoms with Crippen molar-refractivity contribution in [1.82, 2.24) is 10.2 Å². The van der Waals surface area contributed by atoms with Crippen LogP contribution in [-0.4, -0.2) is 30.6 Å². The van der Waals surface area contributed by atoms with Crippen LogP contribution >= 0.6 is 23.2 Å². The van der Waals surface area contributed by atoms with Gasteiger partial charge in [0.2, 0.25) is 0 Å². The molecule has 0 aromatic heterocycles. The van der Waals surface area contributed by atoms with Crippen LogP contribution in [0, 0.1) is 5.92 Å². The molecule has 1 atom stereocenters. The lowest BCUT2D eigenvalue weighted by molar-refractivity contribution is 0.312. The summed E-state index contributed by atoms with van der Waals surface area (Å²) in [6, 6.07) is 6.73. The SMILES string of the molecule is Clc1cccc(CNCC2CCN(C3CC3)C2)c1Cl. The summed E-state index contributed by atoms with van der Waals surface area (Å²) in [4.78, 5) is 2.65. The Morgan fingerprint density at radius 2 is 2.05 bits per heavy atom. The molecule has 1 aliphatic carbocycles. The molecule has 0 bridgehead atoms. The third-order valence-electron chi connectivity index (χ3n) is 4.16. The lowest BCUT2D eigenvalue weighted by Crippen LogP contribution is -2.27. The van der Waals surface area contributed by atoms with Crippen LogP contribution in [0.4, 0.5) is 0 Å². The first kappa shape index (κ1) is 13.7. The smallest absolute Gasteiger partial charge is 0.0637 e. The molecule has 1 N–H and O–H groups in total. The number of likely N-dealkylation sites (tertiary alicyclic amines) is 1. The van der Waals surface area contributed by atoms with E-state index in [2.05, 4.69) is 10.2 Å². The molecule has 19 heavy (non-hydrogen) atoms. The number of nitrogens with zero attached hydrogens (tertiary/aromatic N) is 1. The summed E-state index contributed by atoms with van der Waals surface area (Å²) >= 11 is 12.2. The Kier molecular flexibility index (Phi) is 4.33. The van der Waals surface area contributed by atoms with Crippen molar-refractivity contribution in [3.05, 3.63) is 33.8 Å². The molecule has 1 aliphatic heterocycles. The van der Waals surface area contributed by atoms with Crippen LogP contribution in [0.5, 0.6) is 0 Å². The topological polar surface area (TPSA) is 15.3 Å². The molecule has 1 heterocycles. The lowest BCUT2D eigenvalue weighted by Gasteiger charge is -2.15. The quantitative estimate of drug-likeness (QED) is 0.894. The minimum absolute atomic E-state index is 0.641. The second-order valence-corrected chi connectivity index (χ2v) is 6.51. The molecule has 0 radical (unpaired) electrons. The van der Waals surface area contributed by atoms with Gasteiger partial charge in [-0.05, 0) is 49.9 Å². The number of hydrogen-bond donors (Lipinski definition) is 1. The minimum Gasteiger partial charge on any atom is -0.312 e. The van der Waals surface area contributed by atoms with Crippen LogP contribution in [-0.2, 0) is 6.54 Å². The van der Waals surface area contributed by atoms with Crippen molar-refractivity contribution in [2.75, 3.05) is 19.6 Å². The van der Waals surface area contributed by atoms with E-state index >= 15 is 0 Å². The highest BCUT2D eigenvalue weighted by Gasteiger charge is 2.33. The maximum Gasteiger partial charge on any atom is 0.0637 e. The zero-order valence-corrected chi connectivity index (χ0v) is 12.6. The largest absolute Gasteiger partial charge is 0.312 e. The van der Waals surface area contributed by atoms with E-state index in [0.29, 0.717) is 10.0 Å². The molecule has 2 nitrogen and oxygen atoms in total. The molecule has 1 unspecified atom stereocenters. The van der Waals surface area contributed by atoms with Crippen molar-refractivity contribution >= 4 is 23.2 Å². The Hall–Kier alpha value is -0.280. The molecule has 1 saturated heterocycles. The molecule has 104 valence electrons. The molecule has 2 fully saturated rings. The molecular formula is C15H20Cl2N2. The fourth-order valence-corrected chi connectivity index (χ4v) is 3.28. The van der Waals surface area contributed by atoms with E-state index in [4.69, 9.17) is 23.2 Å². The van der Waals surface area contributed by atoms with Crippen molar-refractivity contribution < 1.29 is 0 Å². The van der Waals surface area contributed by atoms with Crippen molar-refractivity contribution in [1.29, 1.82) is 0 Å². The van der Waals surface area contributed by atoms with Gasteiger partial charge in [0.15, 0.2) is 0 Å². The van der Waals surface area contributed by atoms with Crippen LogP contribution in [0.1, 0.15) is 24.8 Å². The highest BCUT2D eigenvalue weighted by Crippen LogP contribution is 2.31. The average Bonchev–Trinajstić information content (AvgIpc) is 3.15. The Labute approximate surface area is 125 Å². The molecular weight excluding hydrogens is 279 g/mol. The Balaban J connectivity index is 1.44. The highest BCUT2D eigenvalue weighted by atomic mass is 35.5. The van der Waals surface area contributed by atoms with E-state index in [1.807, 2.05) is 18.2 Å². The van der Waals surface area contributed by atoms with Gasteiger partial charge in [-0.25, -0.2) is 0 Å². The second-order valence-electron chi connectivity index (χ2n) is 5.72. The summed E-state index contributed by atoms with van der Waals surface area (Å²) in [6.45, 7) is 4.43. The van der Waals surface area contributed by atoms with Crippen LogP contribution in [0.25, 0.3) is 0 Å². The number of rotatable bonds is 5.